The van der Waals surface area contributed by atoms with Crippen molar-refractivity contribution < 1.29 is 13.2 Å². The first-order valence-corrected chi connectivity index (χ1v) is 11.3. The molecule has 2 fully saturated rings. The van der Waals surface area contributed by atoms with E-state index in [1.54, 1.807) is 23.1 Å². The highest BCUT2D eigenvalue weighted by atomic mass is 35.5. The molecule has 1 aliphatic carbocycles. The number of piperidine rings is 1. The van der Waals surface area contributed by atoms with E-state index < -0.39 is 11.9 Å². The number of thioether (sulfide) groups is 1. The molecule has 0 amide bonds. The van der Waals surface area contributed by atoms with E-state index in [2.05, 4.69) is 21.0 Å². The molecular formula is C19H16ClF3N4S2. The Kier molecular flexibility index (Phi) is 4.67. The molecule has 2 aromatic heterocycles. The maximum atomic E-state index is 13.2. The number of anilines is 1. The van der Waals surface area contributed by atoms with Crippen molar-refractivity contribution in [1.82, 2.24) is 15.0 Å². The number of thiazole rings is 1. The molecule has 2 aliphatic rings. The average molecular weight is 457 g/mol. The van der Waals surface area contributed by atoms with Crippen LogP contribution in [-0.4, -0.2) is 33.8 Å². The van der Waals surface area contributed by atoms with Gasteiger partial charge in [-0.25, -0.2) is 15.0 Å². The molecule has 10 heteroatoms. The van der Waals surface area contributed by atoms with Crippen LogP contribution in [0.3, 0.4) is 0 Å². The summed E-state index contributed by atoms with van der Waals surface area (Å²) in [5.41, 5.74) is 0.123. The number of fused-ring (bicyclic) bond motifs is 2. The summed E-state index contributed by atoms with van der Waals surface area (Å²) in [6.45, 7) is 2.83. The number of para-hydroxylation sites is 1. The van der Waals surface area contributed by atoms with Crippen molar-refractivity contribution >= 4 is 50.7 Å². The van der Waals surface area contributed by atoms with Gasteiger partial charge < -0.3 is 4.90 Å². The third kappa shape index (κ3) is 3.57. The average Bonchev–Trinajstić information content (AvgIpc) is 3.02. The molecule has 152 valence electrons. The molecule has 1 saturated carbocycles. The van der Waals surface area contributed by atoms with E-state index in [4.69, 9.17) is 11.6 Å². The summed E-state index contributed by atoms with van der Waals surface area (Å²) in [5.74, 6) is 2.84. The quantitative estimate of drug-likeness (QED) is 0.381. The van der Waals surface area contributed by atoms with Crippen molar-refractivity contribution in [2.24, 2.45) is 17.8 Å². The largest absolute Gasteiger partial charge is 0.433 e. The van der Waals surface area contributed by atoms with Gasteiger partial charge in [-0.15, -0.1) is 11.3 Å². The van der Waals surface area contributed by atoms with Gasteiger partial charge in [0.1, 0.15) is 5.82 Å². The predicted octanol–water partition coefficient (Wildman–Crippen LogP) is 5.54. The third-order valence-corrected chi connectivity index (χ3v) is 8.20. The molecule has 3 aromatic rings. The highest BCUT2D eigenvalue weighted by Gasteiger charge is 2.56. The fourth-order valence-electron chi connectivity index (χ4n) is 4.21. The van der Waals surface area contributed by atoms with E-state index in [-0.39, 0.29) is 10.8 Å². The van der Waals surface area contributed by atoms with Gasteiger partial charge in [0.2, 0.25) is 5.28 Å². The molecule has 4 nitrogen and oxygen atoms in total. The summed E-state index contributed by atoms with van der Waals surface area (Å²) in [4.78, 5) is 14.1. The van der Waals surface area contributed by atoms with Gasteiger partial charge in [0.15, 0.2) is 10.0 Å². The van der Waals surface area contributed by atoms with Crippen LogP contribution in [0.2, 0.25) is 5.28 Å². The van der Waals surface area contributed by atoms with Crippen LogP contribution in [0.25, 0.3) is 10.2 Å². The number of hydrogen-bond acceptors (Lipinski definition) is 6. The Morgan fingerprint density at radius 1 is 1.17 bits per heavy atom. The maximum Gasteiger partial charge on any atom is 0.433 e. The van der Waals surface area contributed by atoms with Gasteiger partial charge in [0, 0.05) is 24.4 Å². The van der Waals surface area contributed by atoms with Gasteiger partial charge in [-0.3, -0.25) is 0 Å². The fourth-order valence-corrected chi connectivity index (χ4v) is 6.78. The Hall–Kier alpha value is -1.58. The molecule has 0 N–H and O–H groups in total. The smallest absolute Gasteiger partial charge is 0.356 e. The molecule has 0 radical (unpaired) electrons. The van der Waals surface area contributed by atoms with E-state index >= 15 is 0 Å². The zero-order chi connectivity index (χ0) is 20.3. The van der Waals surface area contributed by atoms with E-state index in [1.165, 1.54) is 11.6 Å². The fraction of sp³-hybridized carbons (Fsp3) is 0.421. The number of alkyl halides is 3. The number of rotatable bonds is 4. The van der Waals surface area contributed by atoms with Gasteiger partial charge in [-0.2, -0.15) is 13.2 Å². The molecule has 3 atom stereocenters. The predicted molar refractivity (Wildman–Crippen MR) is 110 cm³/mol. The van der Waals surface area contributed by atoms with Crippen LogP contribution in [0.15, 0.2) is 28.6 Å². The molecule has 29 heavy (non-hydrogen) atoms. The Bertz CT molecular complexity index is 1040. The van der Waals surface area contributed by atoms with Crippen molar-refractivity contribution in [1.29, 1.82) is 0 Å². The zero-order valence-electron chi connectivity index (χ0n) is 15.3. The molecule has 0 spiro atoms. The molecule has 1 aromatic carbocycles. The number of aromatic nitrogens is 3. The minimum atomic E-state index is -4.54. The zero-order valence-corrected chi connectivity index (χ0v) is 17.7. The van der Waals surface area contributed by atoms with Crippen LogP contribution in [-0.2, 0) is 6.18 Å². The SMILES string of the molecule is Cc1c(N2C[C@@H]3[C@H](CSc4nc5ccccc5s4)[C@@H]3C2)nc(Cl)nc1C(F)(F)F. The van der Waals surface area contributed by atoms with Crippen molar-refractivity contribution in [2.75, 3.05) is 23.7 Å². The highest BCUT2D eigenvalue weighted by molar-refractivity contribution is 8.01. The van der Waals surface area contributed by atoms with Crippen LogP contribution in [0, 0.1) is 24.7 Å². The summed E-state index contributed by atoms with van der Waals surface area (Å²) in [6, 6.07) is 8.09. The van der Waals surface area contributed by atoms with Crippen molar-refractivity contribution in [3.05, 3.63) is 40.8 Å². The second kappa shape index (κ2) is 6.99. The van der Waals surface area contributed by atoms with E-state index in [0.29, 0.717) is 36.7 Å². The summed E-state index contributed by atoms with van der Waals surface area (Å²) >= 11 is 9.25. The van der Waals surface area contributed by atoms with Gasteiger partial charge in [-0.1, -0.05) is 23.9 Å². The normalized spacial score (nSPS) is 23.6. The minimum absolute atomic E-state index is 0.0450. The van der Waals surface area contributed by atoms with Crippen LogP contribution in [0.1, 0.15) is 11.3 Å². The van der Waals surface area contributed by atoms with Gasteiger partial charge in [-0.05, 0) is 48.4 Å². The summed E-state index contributed by atoms with van der Waals surface area (Å²) < 4.78 is 41.9. The third-order valence-electron chi connectivity index (χ3n) is 5.71. The van der Waals surface area contributed by atoms with Crippen molar-refractivity contribution in [3.63, 3.8) is 0 Å². The topological polar surface area (TPSA) is 41.9 Å². The second-order valence-corrected chi connectivity index (χ2v) is 10.1. The first-order valence-electron chi connectivity index (χ1n) is 9.16. The second-order valence-electron chi connectivity index (χ2n) is 7.44. The number of nitrogens with zero attached hydrogens (tertiary/aromatic N) is 4. The monoisotopic (exact) mass is 456 g/mol. The van der Waals surface area contributed by atoms with Crippen LogP contribution in [0.5, 0.6) is 0 Å². The summed E-state index contributed by atoms with van der Waals surface area (Å²) in [7, 11) is 0. The minimum Gasteiger partial charge on any atom is -0.356 e. The molecule has 1 aliphatic heterocycles. The maximum absolute atomic E-state index is 13.2. The van der Waals surface area contributed by atoms with Crippen LogP contribution >= 0.6 is 34.7 Å². The first-order chi connectivity index (χ1) is 13.8. The van der Waals surface area contributed by atoms with E-state index in [1.807, 2.05) is 23.1 Å². The Morgan fingerprint density at radius 3 is 2.59 bits per heavy atom. The highest BCUT2D eigenvalue weighted by Crippen LogP contribution is 2.55. The molecule has 1 saturated heterocycles. The number of hydrogen-bond donors (Lipinski definition) is 0. The lowest BCUT2D eigenvalue weighted by atomic mass is 10.2. The Labute approximate surface area is 178 Å². The van der Waals surface area contributed by atoms with E-state index in [9.17, 15) is 13.2 Å². The number of benzene rings is 1. The molecule has 3 heterocycles. The lowest BCUT2D eigenvalue weighted by Gasteiger charge is -2.24. The van der Waals surface area contributed by atoms with Gasteiger partial charge in [0.25, 0.3) is 0 Å². The van der Waals surface area contributed by atoms with Crippen LogP contribution in [0.4, 0.5) is 19.0 Å². The Balaban J connectivity index is 1.24. The van der Waals surface area contributed by atoms with E-state index in [0.717, 1.165) is 15.6 Å². The summed E-state index contributed by atoms with van der Waals surface area (Å²) in [6.07, 6.45) is -4.54. The van der Waals surface area contributed by atoms with Crippen molar-refractivity contribution in [3.8, 4) is 0 Å². The molecule has 5 rings (SSSR count). The standard InChI is InChI=1S/C19H16ClF3N4S2/c1-9-15(19(21,22)23)25-17(20)26-16(9)27-6-10-11(7-27)12(10)8-28-18-24-13-4-2-3-5-14(13)29-18/h2-5,10-12H,6-8H2,1H3/t10-,11+,12-. The first kappa shape index (κ1) is 19.4. The lowest BCUT2D eigenvalue weighted by molar-refractivity contribution is -0.141. The molecule has 0 unspecified atom stereocenters. The Morgan fingerprint density at radius 2 is 1.90 bits per heavy atom. The summed E-state index contributed by atoms with van der Waals surface area (Å²) in [5, 5.41) is -0.360. The number of halogens is 4. The van der Waals surface area contributed by atoms with Crippen molar-refractivity contribution in [2.45, 2.75) is 17.4 Å². The lowest BCUT2D eigenvalue weighted by Crippen LogP contribution is -2.27. The molecule has 0 bridgehead atoms. The molecular weight excluding hydrogens is 441 g/mol. The van der Waals surface area contributed by atoms with Gasteiger partial charge in [0.05, 0.1) is 10.2 Å². The van der Waals surface area contributed by atoms with Crippen LogP contribution < -0.4 is 4.90 Å². The van der Waals surface area contributed by atoms with Gasteiger partial charge >= 0.3 is 6.18 Å².